The lowest BCUT2D eigenvalue weighted by molar-refractivity contribution is -0.131. The Morgan fingerprint density at radius 3 is 2.19 bits per heavy atom. The Morgan fingerprint density at radius 2 is 1.75 bits per heavy atom. The van der Waals surface area contributed by atoms with Crippen molar-refractivity contribution in [3.8, 4) is 0 Å². The van der Waals surface area contributed by atoms with Crippen LogP contribution in [0.2, 0.25) is 0 Å². The average molecular weight is 229 g/mol. The van der Waals surface area contributed by atoms with Gasteiger partial charge in [-0.1, -0.05) is 13.8 Å². The van der Waals surface area contributed by atoms with Crippen LogP contribution in [0, 0.1) is 5.92 Å². The van der Waals surface area contributed by atoms with Gasteiger partial charge in [0.1, 0.15) is 0 Å². The Balaban J connectivity index is 3.88. The van der Waals surface area contributed by atoms with Crippen molar-refractivity contribution in [3.05, 3.63) is 0 Å². The van der Waals surface area contributed by atoms with E-state index in [0.29, 0.717) is 5.92 Å². The quantitative estimate of drug-likeness (QED) is 0.701. The number of likely N-dealkylation sites (N-methyl/N-ethyl adjacent to an activating group) is 1. The van der Waals surface area contributed by atoms with Gasteiger partial charge in [-0.05, 0) is 39.4 Å². The van der Waals surface area contributed by atoms with Crippen molar-refractivity contribution in [3.63, 3.8) is 0 Å². The monoisotopic (exact) mass is 229 g/mol. The number of carbonyl (C=O) groups is 1. The molecule has 1 atom stereocenters. The van der Waals surface area contributed by atoms with Crippen LogP contribution in [0.3, 0.4) is 0 Å². The standard InChI is InChI=1S/C12H27N3O/c1-10(2)9-11(13)12(16)15(5)8-6-7-14(3)4/h10-11H,6-9,13H2,1-5H3/t11-/m0/s1. The lowest BCUT2D eigenvalue weighted by Crippen LogP contribution is -2.43. The van der Waals surface area contributed by atoms with E-state index in [1.54, 1.807) is 4.90 Å². The number of rotatable bonds is 7. The van der Waals surface area contributed by atoms with Crippen molar-refractivity contribution in [2.24, 2.45) is 11.7 Å². The maximum Gasteiger partial charge on any atom is 0.239 e. The van der Waals surface area contributed by atoms with Crippen LogP contribution in [0.25, 0.3) is 0 Å². The van der Waals surface area contributed by atoms with E-state index in [9.17, 15) is 4.79 Å². The van der Waals surface area contributed by atoms with Gasteiger partial charge in [0.15, 0.2) is 0 Å². The number of amides is 1. The van der Waals surface area contributed by atoms with Gasteiger partial charge in [-0.3, -0.25) is 4.79 Å². The van der Waals surface area contributed by atoms with Gasteiger partial charge in [0.05, 0.1) is 6.04 Å². The molecule has 0 radical (unpaired) electrons. The molecule has 0 spiro atoms. The highest BCUT2D eigenvalue weighted by Crippen LogP contribution is 2.05. The molecular weight excluding hydrogens is 202 g/mol. The number of nitrogens with zero attached hydrogens (tertiary/aromatic N) is 2. The third-order valence-electron chi connectivity index (χ3n) is 2.52. The van der Waals surface area contributed by atoms with Crippen LogP contribution < -0.4 is 5.73 Å². The Hall–Kier alpha value is -0.610. The molecule has 0 aliphatic rings. The highest BCUT2D eigenvalue weighted by molar-refractivity contribution is 5.81. The van der Waals surface area contributed by atoms with Crippen LogP contribution in [0.1, 0.15) is 26.7 Å². The zero-order valence-corrected chi connectivity index (χ0v) is 11.4. The Bertz CT molecular complexity index is 204. The first-order valence-electron chi connectivity index (χ1n) is 6.00. The minimum absolute atomic E-state index is 0.0625. The first kappa shape index (κ1) is 15.4. The highest BCUT2D eigenvalue weighted by Gasteiger charge is 2.18. The van der Waals surface area contributed by atoms with Crippen molar-refractivity contribution >= 4 is 5.91 Å². The van der Waals surface area contributed by atoms with Crippen LogP contribution in [0.15, 0.2) is 0 Å². The first-order valence-corrected chi connectivity index (χ1v) is 6.00. The largest absolute Gasteiger partial charge is 0.344 e. The molecule has 4 nitrogen and oxygen atoms in total. The molecule has 0 aromatic carbocycles. The number of hydrogen-bond donors (Lipinski definition) is 1. The van der Waals surface area contributed by atoms with E-state index in [1.807, 2.05) is 21.1 Å². The van der Waals surface area contributed by atoms with Crippen molar-refractivity contribution in [1.82, 2.24) is 9.80 Å². The summed E-state index contributed by atoms with van der Waals surface area (Å²) in [7, 11) is 5.90. The third kappa shape index (κ3) is 6.80. The fourth-order valence-corrected chi connectivity index (χ4v) is 1.63. The van der Waals surface area contributed by atoms with E-state index in [4.69, 9.17) is 5.73 Å². The van der Waals surface area contributed by atoms with Gasteiger partial charge in [0, 0.05) is 13.6 Å². The van der Waals surface area contributed by atoms with Crippen LogP contribution in [0.4, 0.5) is 0 Å². The summed E-state index contributed by atoms with van der Waals surface area (Å²) in [6.07, 6.45) is 1.75. The Kier molecular flexibility index (Phi) is 7.34. The lowest BCUT2D eigenvalue weighted by Gasteiger charge is -2.23. The summed E-state index contributed by atoms with van der Waals surface area (Å²) in [4.78, 5) is 15.7. The van der Waals surface area contributed by atoms with Crippen molar-refractivity contribution in [2.45, 2.75) is 32.7 Å². The predicted molar refractivity (Wildman–Crippen MR) is 68.2 cm³/mol. The molecular formula is C12H27N3O. The summed E-state index contributed by atoms with van der Waals surface area (Å²) in [6.45, 7) is 5.94. The molecule has 0 bridgehead atoms. The number of nitrogens with two attached hydrogens (primary N) is 1. The topological polar surface area (TPSA) is 49.6 Å². The lowest BCUT2D eigenvalue weighted by atomic mass is 10.0. The second-order valence-corrected chi connectivity index (χ2v) is 5.15. The second-order valence-electron chi connectivity index (χ2n) is 5.15. The predicted octanol–water partition coefficient (Wildman–Crippen LogP) is 0.770. The molecule has 2 N–H and O–H groups in total. The maximum atomic E-state index is 11.8. The van der Waals surface area contributed by atoms with E-state index in [-0.39, 0.29) is 11.9 Å². The zero-order chi connectivity index (χ0) is 12.7. The zero-order valence-electron chi connectivity index (χ0n) is 11.4. The summed E-state index contributed by atoms with van der Waals surface area (Å²) in [5.41, 5.74) is 5.85. The number of carbonyl (C=O) groups excluding carboxylic acids is 1. The van der Waals surface area contributed by atoms with Gasteiger partial charge < -0.3 is 15.5 Å². The fourth-order valence-electron chi connectivity index (χ4n) is 1.63. The van der Waals surface area contributed by atoms with E-state index < -0.39 is 0 Å². The summed E-state index contributed by atoms with van der Waals surface area (Å²) < 4.78 is 0. The number of hydrogen-bond acceptors (Lipinski definition) is 3. The van der Waals surface area contributed by atoms with E-state index >= 15 is 0 Å². The molecule has 0 aromatic heterocycles. The van der Waals surface area contributed by atoms with Gasteiger partial charge in [-0.2, -0.15) is 0 Å². The van der Waals surface area contributed by atoms with Crippen LogP contribution in [-0.2, 0) is 4.79 Å². The van der Waals surface area contributed by atoms with Gasteiger partial charge in [0.25, 0.3) is 0 Å². The summed E-state index contributed by atoms with van der Waals surface area (Å²) in [5.74, 6) is 0.529. The molecule has 4 heteroatoms. The van der Waals surface area contributed by atoms with E-state index in [0.717, 1.165) is 25.9 Å². The molecule has 1 amide bonds. The molecule has 0 aliphatic heterocycles. The van der Waals surface area contributed by atoms with Gasteiger partial charge in [-0.25, -0.2) is 0 Å². The molecule has 0 unspecified atom stereocenters. The smallest absolute Gasteiger partial charge is 0.239 e. The molecule has 0 saturated carbocycles. The minimum atomic E-state index is -0.343. The van der Waals surface area contributed by atoms with Gasteiger partial charge in [0.2, 0.25) is 5.91 Å². The molecule has 0 aliphatic carbocycles. The van der Waals surface area contributed by atoms with Crippen molar-refractivity contribution < 1.29 is 4.79 Å². The van der Waals surface area contributed by atoms with Crippen LogP contribution in [-0.4, -0.2) is 56.0 Å². The molecule has 0 heterocycles. The van der Waals surface area contributed by atoms with Crippen molar-refractivity contribution in [2.75, 3.05) is 34.2 Å². The van der Waals surface area contributed by atoms with Gasteiger partial charge in [-0.15, -0.1) is 0 Å². The van der Waals surface area contributed by atoms with Crippen LogP contribution >= 0.6 is 0 Å². The summed E-state index contributed by atoms with van der Waals surface area (Å²) in [6, 6.07) is -0.343. The van der Waals surface area contributed by atoms with E-state index in [2.05, 4.69) is 18.7 Å². The first-order chi connectivity index (χ1) is 7.34. The molecule has 0 aromatic rings. The normalized spacial score (nSPS) is 13.2. The maximum absolute atomic E-state index is 11.8. The molecule has 16 heavy (non-hydrogen) atoms. The Labute approximate surface area is 99.8 Å². The van der Waals surface area contributed by atoms with E-state index in [1.165, 1.54) is 0 Å². The molecule has 0 rings (SSSR count). The summed E-state index contributed by atoms with van der Waals surface area (Å²) in [5, 5.41) is 0. The summed E-state index contributed by atoms with van der Waals surface area (Å²) >= 11 is 0. The second kappa shape index (κ2) is 7.63. The van der Waals surface area contributed by atoms with Crippen LogP contribution in [0.5, 0.6) is 0 Å². The molecule has 0 saturated heterocycles. The fraction of sp³-hybridized carbons (Fsp3) is 0.917. The average Bonchev–Trinajstić information content (AvgIpc) is 2.14. The molecule has 0 fully saturated rings. The van der Waals surface area contributed by atoms with Crippen molar-refractivity contribution in [1.29, 1.82) is 0 Å². The molecule has 96 valence electrons. The minimum Gasteiger partial charge on any atom is -0.344 e. The van der Waals surface area contributed by atoms with Gasteiger partial charge >= 0.3 is 0 Å². The SMILES string of the molecule is CC(C)C[C@H](N)C(=O)N(C)CCCN(C)C. The highest BCUT2D eigenvalue weighted by atomic mass is 16.2. The Morgan fingerprint density at radius 1 is 1.19 bits per heavy atom. The third-order valence-corrected chi connectivity index (χ3v) is 2.52.